The molecule has 36 heavy (non-hydrogen) atoms. The minimum absolute atomic E-state index is 0.0696. The molecule has 4 amide bonds. The first-order chi connectivity index (χ1) is 16.8. The minimum atomic E-state index is -1.55. The first kappa shape index (κ1) is 30.0. The highest BCUT2D eigenvalue weighted by atomic mass is 16.4. The van der Waals surface area contributed by atoms with Gasteiger partial charge in [0.15, 0.2) is 0 Å². The van der Waals surface area contributed by atoms with Crippen LogP contribution in [0.5, 0.6) is 0 Å². The number of nitrogens with one attached hydrogen (secondary N) is 3. The molecule has 4 atom stereocenters. The number of carbonyl (C=O) groups excluding carboxylic acids is 4. The Kier molecular flexibility index (Phi) is 12.0. The van der Waals surface area contributed by atoms with Crippen molar-refractivity contribution in [3.63, 3.8) is 0 Å². The molecule has 1 aromatic carbocycles. The zero-order valence-electron chi connectivity index (χ0n) is 20.1. The lowest BCUT2D eigenvalue weighted by molar-refractivity contribution is -0.143. The molecule has 1 rings (SSSR count). The topological polar surface area (TPSA) is 231 Å². The molecular weight excluding hydrogens is 474 g/mol. The fourth-order valence-corrected chi connectivity index (χ4v) is 3.10. The van der Waals surface area contributed by atoms with Crippen molar-refractivity contribution in [2.75, 3.05) is 0 Å². The van der Waals surface area contributed by atoms with E-state index in [1.54, 1.807) is 44.2 Å². The Bertz CT molecular complexity index is 953. The minimum Gasteiger partial charge on any atom is -0.481 e. The molecule has 0 radical (unpaired) electrons. The zero-order valence-corrected chi connectivity index (χ0v) is 20.1. The Hall–Kier alpha value is -4.00. The van der Waals surface area contributed by atoms with Crippen LogP contribution in [0.15, 0.2) is 30.3 Å². The number of primary amides is 1. The third kappa shape index (κ3) is 10.5. The summed E-state index contributed by atoms with van der Waals surface area (Å²) in [7, 11) is 0. The summed E-state index contributed by atoms with van der Waals surface area (Å²) in [6.45, 7) is 3.35. The Balaban J connectivity index is 3.14. The quantitative estimate of drug-likeness (QED) is 0.146. The number of amides is 4. The summed E-state index contributed by atoms with van der Waals surface area (Å²) in [4.78, 5) is 72.2. The van der Waals surface area contributed by atoms with Crippen molar-refractivity contribution in [2.45, 2.75) is 63.7 Å². The van der Waals surface area contributed by atoms with Crippen molar-refractivity contribution < 1.29 is 39.0 Å². The van der Waals surface area contributed by atoms with Crippen LogP contribution in [0.25, 0.3) is 0 Å². The molecule has 198 valence electrons. The lowest BCUT2D eigenvalue weighted by atomic mass is 10.0. The Morgan fingerprint density at radius 3 is 1.86 bits per heavy atom. The summed E-state index contributed by atoms with van der Waals surface area (Å²) >= 11 is 0. The van der Waals surface area contributed by atoms with Gasteiger partial charge in [-0.3, -0.25) is 24.0 Å². The molecule has 13 heteroatoms. The molecule has 0 aliphatic rings. The van der Waals surface area contributed by atoms with Gasteiger partial charge in [-0.25, -0.2) is 4.79 Å². The van der Waals surface area contributed by atoms with Gasteiger partial charge in [0.2, 0.25) is 23.6 Å². The third-order valence-corrected chi connectivity index (χ3v) is 5.24. The predicted molar refractivity (Wildman–Crippen MR) is 127 cm³/mol. The van der Waals surface area contributed by atoms with Gasteiger partial charge in [0.25, 0.3) is 0 Å². The van der Waals surface area contributed by atoms with Crippen LogP contribution in [0.4, 0.5) is 0 Å². The van der Waals surface area contributed by atoms with Crippen LogP contribution in [-0.4, -0.2) is 69.9 Å². The number of carboxylic acids is 2. The monoisotopic (exact) mass is 507 g/mol. The number of carboxylic acid groups (broad SMARTS) is 2. The van der Waals surface area contributed by atoms with E-state index >= 15 is 0 Å². The highest BCUT2D eigenvalue weighted by molar-refractivity contribution is 5.95. The molecule has 13 nitrogen and oxygen atoms in total. The van der Waals surface area contributed by atoms with E-state index in [2.05, 4.69) is 16.0 Å². The van der Waals surface area contributed by atoms with Crippen molar-refractivity contribution in [3.8, 4) is 0 Å². The summed E-state index contributed by atoms with van der Waals surface area (Å²) in [5.41, 5.74) is 11.5. The molecule has 0 aliphatic heterocycles. The zero-order chi connectivity index (χ0) is 27.4. The second kappa shape index (κ2) is 14.4. The normalized spacial score (nSPS) is 14.1. The maximum Gasteiger partial charge on any atom is 0.326 e. The van der Waals surface area contributed by atoms with E-state index in [1.165, 1.54) is 0 Å². The van der Waals surface area contributed by atoms with Crippen molar-refractivity contribution in [1.29, 1.82) is 0 Å². The van der Waals surface area contributed by atoms with E-state index in [1.807, 2.05) is 0 Å². The van der Waals surface area contributed by atoms with Crippen molar-refractivity contribution >= 4 is 35.6 Å². The smallest absolute Gasteiger partial charge is 0.326 e. The second-order valence-corrected chi connectivity index (χ2v) is 8.58. The molecular formula is C23H33N5O8. The number of benzene rings is 1. The molecule has 0 saturated heterocycles. The largest absolute Gasteiger partial charge is 0.481 e. The number of rotatable bonds is 15. The van der Waals surface area contributed by atoms with Gasteiger partial charge in [0.1, 0.15) is 18.1 Å². The van der Waals surface area contributed by atoms with Gasteiger partial charge in [0.05, 0.1) is 12.5 Å². The molecule has 0 saturated carbocycles. The highest BCUT2D eigenvalue weighted by Crippen LogP contribution is 2.07. The number of nitrogens with two attached hydrogens (primary N) is 2. The highest BCUT2D eigenvalue weighted by Gasteiger charge is 2.32. The predicted octanol–water partition coefficient (Wildman–Crippen LogP) is -1.51. The van der Waals surface area contributed by atoms with Crippen LogP contribution in [0.3, 0.4) is 0 Å². The Morgan fingerprint density at radius 1 is 0.833 bits per heavy atom. The number of hydrogen-bond donors (Lipinski definition) is 7. The summed E-state index contributed by atoms with van der Waals surface area (Å²) in [6.07, 6.45) is -1.42. The first-order valence-electron chi connectivity index (χ1n) is 11.2. The fourth-order valence-electron chi connectivity index (χ4n) is 3.10. The van der Waals surface area contributed by atoms with E-state index in [-0.39, 0.29) is 25.2 Å². The van der Waals surface area contributed by atoms with Crippen LogP contribution < -0.4 is 27.4 Å². The van der Waals surface area contributed by atoms with E-state index in [0.29, 0.717) is 5.56 Å². The van der Waals surface area contributed by atoms with E-state index in [9.17, 15) is 39.0 Å². The van der Waals surface area contributed by atoms with Gasteiger partial charge in [-0.1, -0.05) is 44.2 Å². The van der Waals surface area contributed by atoms with Crippen LogP contribution in [0, 0.1) is 5.92 Å². The average Bonchev–Trinajstić information content (AvgIpc) is 2.79. The van der Waals surface area contributed by atoms with E-state index in [0.717, 1.165) is 0 Å². The first-order valence-corrected chi connectivity index (χ1v) is 11.2. The Morgan fingerprint density at radius 2 is 1.36 bits per heavy atom. The van der Waals surface area contributed by atoms with Gasteiger partial charge in [0, 0.05) is 12.8 Å². The van der Waals surface area contributed by atoms with Crippen molar-refractivity contribution in [2.24, 2.45) is 17.4 Å². The summed E-state index contributed by atoms with van der Waals surface area (Å²) < 4.78 is 0. The van der Waals surface area contributed by atoms with Crippen molar-refractivity contribution in [3.05, 3.63) is 35.9 Å². The number of aliphatic carboxylic acids is 2. The summed E-state index contributed by atoms with van der Waals surface area (Å²) in [5.74, 6) is -6.43. The molecule has 0 spiro atoms. The van der Waals surface area contributed by atoms with Crippen LogP contribution in [0.2, 0.25) is 0 Å². The van der Waals surface area contributed by atoms with Gasteiger partial charge in [-0.05, 0) is 17.9 Å². The average molecular weight is 508 g/mol. The van der Waals surface area contributed by atoms with Gasteiger partial charge < -0.3 is 37.6 Å². The molecule has 0 heterocycles. The molecule has 0 fully saturated rings. The SMILES string of the molecule is CC(C)C(N)C(=O)NC(CC(=O)O)C(=O)NC(Cc1ccccc1)C(=O)NC(CCC(N)=O)C(=O)O. The lowest BCUT2D eigenvalue weighted by Crippen LogP contribution is -2.58. The van der Waals surface area contributed by atoms with Crippen LogP contribution in [-0.2, 0) is 35.2 Å². The molecule has 1 aromatic rings. The van der Waals surface area contributed by atoms with Crippen LogP contribution in [0.1, 0.15) is 38.7 Å². The van der Waals surface area contributed by atoms with Gasteiger partial charge >= 0.3 is 11.9 Å². The lowest BCUT2D eigenvalue weighted by Gasteiger charge is -2.25. The third-order valence-electron chi connectivity index (χ3n) is 5.24. The van der Waals surface area contributed by atoms with Gasteiger partial charge in [-0.2, -0.15) is 0 Å². The van der Waals surface area contributed by atoms with E-state index < -0.39 is 66.2 Å². The maximum absolute atomic E-state index is 13.0. The van der Waals surface area contributed by atoms with Crippen molar-refractivity contribution in [1.82, 2.24) is 16.0 Å². The standard InChI is InChI=1S/C23H33N5O8/c1-12(2)19(25)22(34)28-16(11-18(30)31)21(33)27-15(10-13-6-4-3-5-7-13)20(32)26-14(23(35)36)8-9-17(24)29/h3-7,12,14-16,19H,8-11,25H2,1-2H3,(H2,24,29)(H,26,32)(H,27,33)(H,28,34)(H,30,31)(H,35,36). The fraction of sp³-hybridized carbons (Fsp3) is 0.478. The molecule has 0 aromatic heterocycles. The Labute approximate surface area is 208 Å². The molecule has 9 N–H and O–H groups in total. The second-order valence-electron chi connectivity index (χ2n) is 8.58. The van der Waals surface area contributed by atoms with E-state index in [4.69, 9.17) is 11.5 Å². The summed E-state index contributed by atoms with van der Waals surface area (Å²) in [5, 5.41) is 25.6. The summed E-state index contributed by atoms with van der Waals surface area (Å²) in [6, 6.07) is 3.13. The molecule has 0 aliphatic carbocycles. The molecule has 4 unspecified atom stereocenters. The van der Waals surface area contributed by atoms with Gasteiger partial charge in [-0.15, -0.1) is 0 Å². The maximum atomic E-state index is 13.0. The number of carbonyl (C=O) groups is 6. The number of hydrogen-bond acceptors (Lipinski definition) is 7. The molecule has 0 bridgehead atoms. The van der Waals surface area contributed by atoms with Crippen LogP contribution >= 0.6 is 0 Å².